The first-order valence-corrected chi connectivity index (χ1v) is 12.3. The van der Waals surface area contributed by atoms with Crippen molar-refractivity contribution in [1.29, 1.82) is 0 Å². The molecule has 0 saturated heterocycles. The third kappa shape index (κ3) is 9.47. The van der Waals surface area contributed by atoms with Crippen LogP contribution in [0.15, 0.2) is 48.5 Å². The second-order valence-electron chi connectivity index (χ2n) is 8.76. The van der Waals surface area contributed by atoms with Crippen molar-refractivity contribution >= 4 is 35.7 Å². The van der Waals surface area contributed by atoms with Gasteiger partial charge in [0.05, 0.1) is 0 Å². The Balaban J connectivity index is 1.67. The van der Waals surface area contributed by atoms with Crippen LogP contribution in [0, 0.1) is 0 Å². The second-order valence-corrected chi connectivity index (χ2v) is 9.64. The van der Waals surface area contributed by atoms with E-state index >= 15 is 0 Å². The summed E-state index contributed by atoms with van der Waals surface area (Å²) in [6.45, 7) is 2.15. The number of nitrogens with one attached hydrogen (secondary N) is 1. The van der Waals surface area contributed by atoms with Crippen LogP contribution in [0.1, 0.15) is 80.6 Å². The van der Waals surface area contributed by atoms with Gasteiger partial charge in [-0.15, -0.1) is 0 Å². The molecule has 32 heavy (non-hydrogen) atoms. The van der Waals surface area contributed by atoms with Crippen molar-refractivity contribution < 1.29 is 9.59 Å². The van der Waals surface area contributed by atoms with E-state index < -0.39 is 0 Å². The summed E-state index contributed by atoms with van der Waals surface area (Å²) in [5.41, 5.74) is 3.06. The number of amides is 1. The maximum absolute atomic E-state index is 12.7. The lowest BCUT2D eigenvalue weighted by atomic mass is 10.0. The Morgan fingerprint density at radius 2 is 1.31 bits per heavy atom. The van der Waals surface area contributed by atoms with Gasteiger partial charge in [-0.25, -0.2) is 0 Å². The smallest absolute Gasteiger partial charge is 0.224 e. The topological polar surface area (TPSA) is 49.4 Å². The highest BCUT2D eigenvalue weighted by Gasteiger charge is 2.10. The van der Waals surface area contributed by atoms with E-state index in [9.17, 15) is 9.59 Å². The van der Waals surface area contributed by atoms with Gasteiger partial charge in [0.2, 0.25) is 5.91 Å². The van der Waals surface area contributed by atoms with Crippen molar-refractivity contribution in [3.05, 3.63) is 59.7 Å². The Labute approximate surface area is 199 Å². The molecule has 0 radical (unpaired) electrons. The molecule has 0 heterocycles. The van der Waals surface area contributed by atoms with Gasteiger partial charge in [0, 0.05) is 43.0 Å². The summed E-state index contributed by atoms with van der Waals surface area (Å²) in [7, 11) is 3.94. The molecule has 2 aromatic rings. The zero-order valence-corrected chi connectivity index (χ0v) is 20.7. The number of unbranched alkanes of at least 4 members (excludes halogenated alkanes) is 6. The lowest BCUT2D eigenvalue weighted by Crippen LogP contribution is -2.11. The van der Waals surface area contributed by atoms with Crippen LogP contribution in [0.5, 0.6) is 0 Å². The van der Waals surface area contributed by atoms with Crippen LogP contribution in [0.4, 0.5) is 11.4 Å². The SMILES string of the molecule is CC(S)CCCCCCCCCC(=O)Nc1ccc(C(=O)c2ccc(N(C)C)cc2)cc1. The molecule has 1 unspecified atom stereocenters. The summed E-state index contributed by atoms with van der Waals surface area (Å²) in [6.07, 6.45) is 10.0. The van der Waals surface area contributed by atoms with Crippen LogP contribution in [0.2, 0.25) is 0 Å². The molecule has 0 bridgehead atoms. The molecule has 0 aliphatic rings. The molecule has 174 valence electrons. The number of hydrogen-bond acceptors (Lipinski definition) is 4. The van der Waals surface area contributed by atoms with E-state index in [1.807, 2.05) is 43.3 Å². The first-order valence-electron chi connectivity index (χ1n) is 11.8. The highest BCUT2D eigenvalue weighted by Crippen LogP contribution is 2.18. The number of ketones is 1. The van der Waals surface area contributed by atoms with Crippen molar-refractivity contribution in [3.63, 3.8) is 0 Å². The Bertz CT molecular complexity index is 830. The van der Waals surface area contributed by atoms with Crippen LogP contribution in [0.3, 0.4) is 0 Å². The van der Waals surface area contributed by atoms with Crippen molar-refractivity contribution in [2.24, 2.45) is 0 Å². The highest BCUT2D eigenvalue weighted by molar-refractivity contribution is 7.80. The third-order valence-electron chi connectivity index (χ3n) is 5.60. The largest absolute Gasteiger partial charge is 0.378 e. The fourth-order valence-corrected chi connectivity index (χ4v) is 3.80. The summed E-state index contributed by atoms with van der Waals surface area (Å²) in [4.78, 5) is 26.9. The molecule has 1 N–H and O–H groups in total. The van der Waals surface area contributed by atoms with Crippen LogP contribution in [-0.2, 0) is 4.79 Å². The first kappa shape index (κ1) is 26.0. The van der Waals surface area contributed by atoms with E-state index in [2.05, 4.69) is 24.9 Å². The molecule has 0 fully saturated rings. The molecule has 0 spiro atoms. The molecule has 1 atom stereocenters. The minimum Gasteiger partial charge on any atom is -0.378 e. The molecule has 5 heteroatoms. The number of thiol groups is 1. The fourth-order valence-electron chi connectivity index (χ4n) is 3.62. The zero-order valence-electron chi connectivity index (χ0n) is 19.8. The number of benzene rings is 2. The predicted octanol–water partition coefficient (Wildman–Crippen LogP) is 6.75. The van der Waals surface area contributed by atoms with E-state index in [0.29, 0.717) is 22.8 Å². The number of hydrogen-bond donors (Lipinski definition) is 2. The van der Waals surface area contributed by atoms with Crippen molar-refractivity contribution in [1.82, 2.24) is 0 Å². The Morgan fingerprint density at radius 1 is 0.812 bits per heavy atom. The quantitative estimate of drug-likeness (QED) is 0.188. The van der Waals surface area contributed by atoms with E-state index in [1.165, 1.54) is 38.5 Å². The second kappa shape index (κ2) is 14.0. The summed E-state index contributed by atoms with van der Waals surface area (Å²) in [6, 6.07) is 14.7. The van der Waals surface area contributed by atoms with E-state index in [-0.39, 0.29) is 11.7 Å². The molecule has 4 nitrogen and oxygen atoms in total. The minimum absolute atomic E-state index is 0.0201. The average molecular weight is 455 g/mol. The van der Waals surface area contributed by atoms with Gasteiger partial charge in [0.25, 0.3) is 0 Å². The van der Waals surface area contributed by atoms with Gasteiger partial charge >= 0.3 is 0 Å². The molecule has 0 aliphatic heterocycles. The molecule has 1 amide bonds. The van der Waals surface area contributed by atoms with Gasteiger partial charge in [0.1, 0.15) is 0 Å². The van der Waals surface area contributed by atoms with Crippen LogP contribution in [0.25, 0.3) is 0 Å². The maximum Gasteiger partial charge on any atom is 0.224 e. The van der Waals surface area contributed by atoms with E-state index in [0.717, 1.165) is 24.2 Å². The first-order chi connectivity index (χ1) is 15.4. The maximum atomic E-state index is 12.7. The minimum atomic E-state index is -0.0201. The molecule has 0 aliphatic carbocycles. The van der Waals surface area contributed by atoms with Crippen molar-refractivity contribution in [3.8, 4) is 0 Å². The predicted molar refractivity (Wildman–Crippen MR) is 139 cm³/mol. The molecule has 0 saturated carbocycles. The number of carbonyl (C=O) groups is 2. The number of carbonyl (C=O) groups excluding carboxylic acids is 2. The van der Waals surface area contributed by atoms with Gasteiger partial charge in [0.15, 0.2) is 5.78 Å². The molecule has 2 rings (SSSR count). The van der Waals surface area contributed by atoms with Crippen LogP contribution < -0.4 is 10.2 Å². The average Bonchev–Trinajstić information content (AvgIpc) is 2.78. The highest BCUT2D eigenvalue weighted by atomic mass is 32.1. The van der Waals surface area contributed by atoms with Crippen molar-refractivity contribution in [2.45, 2.75) is 70.0 Å². The lowest BCUT2D eigenvalue weighted by molar-refractivity contribution is -0.116. The molecular weight excluding hydrogens is 416 g/mol. The molecular formula is C27H38N2O2S. The molecule has 2 aromatic carbocycles. The fraction of sp³-hybridized carbons (Fsp3) is 0.481. The number of anilines is 2. The zero-order chi connectivity index (χ0) is 23.3. The van der Waals surface area contributed by atoms with Gasteiger partial charge < -0.3 is 10.2 Å². The van der Waals surface area contributed by atoms with Crippen molar-refractivity contribution in [2.75, 3.05) is 24.3 Å². The Hall–Kier alpha value is -2.27. The molecule has 0 aromatic heterocycles. The van der Waals surface area contributed by atoms with E-state index in [4.69, 9.17) is 0 Å². The van der Waals surface area contributed by atoms with Crippen LogP contribution in [-0.4, -0.2) is 31.0 Å². The standard InChI is InChI=1S/C27H38N2O2S/c1-21(32)11-9-7-5-4-6-8-10-12-26(30)28-24-17-13-22(14-18-24)27(31)23-15-19-25(20-16-23)29(2)3/h13-21,32H,4-12H2,1-3H3,(H,28,30). The summed E-state index contributed by atoms with van der Waals surface area (Å²) in [5.74, 6) is 0.0134. The Morgan fingerprint density at radius 3 is 1.84 bits per heavy atom. The summed E-state index contributed by atoms with van der Waals surface area (Å²) in [5, 5.41) is 3.44. The van der Waals surface area contributed by atoms with Gasteiger partial charge in [-0.1, -0.05) is 45.4 Å². The lowest BCUT2D eigenvalue weighted by Gasteiger charge is -2.12. The van der Waals surface area contributed by atoms with Gasteiger partial charge in [-0.3, -0.25) is 9.59 Å². The summed E-state index contributed by atoms with van der Waals surface area (Å²) >= 11 is 4.41. The summed E-state index contributed by atoms with van der Waals surface area (Å²) < 4.78 is 0. The van der Waals surface area contributed by atoms with E-state index in [1.54, 1.807) is 24.3 Å². The monoisotopic (exact) mass is 454 g/mol. The number of nitrogens with zero attached hydrogens (tertiary/aromatic N) is 1. The van der Waals surface area contributed by atoms with Crippen LogP contribution >= 0.6 is 12.6 Å². The third-order valence-corrected chi connectivity index (χ3v) is 5.86. The normalized spacial score (nSPS) is 11.8. The van der Waals surface area contributed by atoms with Gasteiger partial charge in [-0.05, 0) is 66.6 Å². The van der Waals surface area contributed by atoms with Gasteiger partial charge in [-0.2, -0.15) is 12.6 Å². The Kier molecular flexibility index (Phi) is 11.4. The number of rotatable bonds is 14.